The van der Waals surface area contributed by atoms with Gasteiger partial charge >= 0.3 is 0 Å². The van der Waals surface area contributed by atoms with Crippen molar-refractivity contribution in [2.24, 2.45) is 0 Å². The van der Waals surface area contributed by atoms with Gasteiger partial charge in [0.05, 0.1) is 13.2 Å². The summed E-state index contributed by atoms with van der Waals surface area (Å²) in [6.07, 6.45) is 3.91. The van der Waals surface area contributed by atoms with Crippen LogP contribution in [-0.2, 0) is 11.3 Å². The number of morpholine rings is 1. The average Bonchev–Trinajstić information content (AvgIpc) is 2.99. The Labute approximate surface area is 135 Å². The minimum atomic E-state index is 0.828. The number of benzene rings is 1. The van der Waals surface area contributed by atoms with Gasteiger partial charge in [-0.3, -0.25) is 4.90 Å². The van der Waals surface area contributed by atoms with Gasteiger partial charge in [-0.05, 0) is 35.9 Å². The number of fused-ring (bicyclic) bond motifs is 1. The molecule has 1 fully saturated rings. The number of aromatic amines is 1. The highest BCUT2D eigenvalue weighted by Gasteiger charge is 2.13. The van der Waals surface area contributed by atoms with Gasteiger partial charge in [0.2, 0.25) is 0 Å². The van der Waals surface area contributed by atoms with Crippen LogP contribution in [0.25, 0.3) is 10.9 Å². The summed E-state index contributed by atoms with van der Waals surface area (Å²) in [5.74, 6) is 0.858. The van der Waals surface area contributed by atoms with E-state index < -0.39 is 0 Å². The van der Waals surface area contributed by atoms with Crippen molar-refractivity contribution in [3.63, 3.8) is 0 Å². The van der Waals surface area contributed by atoms with Crippen LogP contribution in [0.5, 0.6) is 0 Å². The molecule has 118 valence electrons. The predicted molar refractivity (Wildman–Crippen MR) is 91.9 cm³/mol. The molecule has 0 bridgehead atoms. The highest BCUT2D eigenvalue weighted by atomic mass is 16.5. The lowest BCUT2D eigenvalue weighted by molar-refractivity contribution is 0.0343. The topological polar surface area (TPSA) is 53.2 Å². The molecule has 0 aliphatic carbocycles. The fraction of sp³-hybridized carbons (Fsp3) is 0.278. The second-order valence-corrected chi connectivity index (χ2v) is 5.80. The summed E-state index contributed by atoms with van der Waals surface area (Å²) in [6.45, 7) is 4.61. The second kappa shape index (κ2) is 6.40. The average molecular weight is 308 g/mol. The first kappa shape index (κ1) is 14.2. The number of hydrogen-bond acceptors (Lipinski definition) is 4. The molecule has 0 unspecified atom stereocenters. The van der Waals surface area contributed by atoms with E-state index in [0.29, 0.717) is 0 Å². The van der Waals surface area contributed by atoms with Crippen molar-refractivity contribution in [2.45, 2.75) is 6.54 Å². The standard InChI is InChI=1S/C18H20N4O/c1-2-6-19-18(3-1)21-15-4-5-17-16(11-15)14(12-20-17)13-22-7-9-23-10-8-22/h1-6,11-12,20H,7-10,13H2,(H,19,21). The number of rotatable bonds is 4. The maximum Gasteiger partial charge on any atom is 0.130 e. The zero-order valence-electron chi connectivity index (χ0n) is 13.0. The van der Waals surface area contributed by atoms with Crippen LogP contribution in [0.3, 0.4) is 0 Å². The zero-order chi connectivity index (χ0) is 15.5. The van der Waals surface area contributed by atoms with E-state index >= 15 is 0 Å². The molecule has 1 aliphatic rings. The lowest BCUT2D eigenvalue weighted by Gasteiger charge is -2.26. The number of nitrogens with zero attached hydrogens (tertiary/aromatic N) is 2. The molecule has 2 N–H and O–H groups in total. The van der Waals surface area contributed by atoms with Gasteiger partial charge in [-0.2, -0.15) is 0 Å². The first-order chi connectivity index (χ1) is 11.4. The monoisotopic (exact) mass is 308 g/mol. The molecular weight excluding hydrogens is 288 g/mol. The summed E-state index contributed by atoms with van der Waals surface area (Å²) in [4.78, 5) is 10.1. The number of ether oxygens (including phenoxy) is 1. The van der Waals surface area contributed by atoms with Gasteiger partial charge in [0.1, 0.15) is 5.82 Å². The third-order valence-electron chi connectivity index (χ3n) is 4.20. The molecule has 1 saturated heterocycles. The van der Waals surface area contributed by atoms with Gasteiger partial charge in [-0.1, -0.05) is 6.07 Å². The number of nitrogens with one attached hydrogen (secondary N) is 2. The summed E-state index contributed by atoms with van der Waals surface area (Å²) in [5, 5.41) is 4.62. The fourth-order valence-corrected chi connectivity index (χ4v) is 2.97. The molecule has 3 aromatic rings. The number of hydrogen-bond donors (Lipinski definition) is 2. The maximum absolute atomic E-state index is 5.43. The highest BCUT2D eigenvalue weighted by Crippen LogP contribution is 2.25. The van der Waals surface area contributed by atoms with Crippen molar-refractivity contribution in [3.8, 4) is 0 Å². The minimum absolute atomic E-state index is 0.828. The van der Waals surface area contributed by atoms with Gasteiger partial charge in [-0.15, -0.1) is 0 Å². The molecule has 0 atom stereocenters. The van der Waals surface area contributed by atoms with E-state index in [0.717, 1.165) is 44.4 Å². The summed E-state index contributed by atoms with van der Waals surface area (Å²) < 4.78 is 5.43. The Balaban J connectivity index is 1.58. The first-order valence-corrected chi connectivity index (χ1v) is 7.97. The van der Waals surface area contributed by atoms with Crippen LogP contribution in [0.2, 0.25) is 0 Å². The summed E-state index contributed by atoms with van der Waals surface area (Å²) in [6, 6.07) is 12.2. The molecule has 1 aliphatic heterocycles. The molecule has 0 saturated carbocycles. The third-order valence-corrected chi connectivity index (χ3v) is 4.20. The molecule has 0 spiro atoms. The number of pyridine rings is 1. The molecule has 2 aromatic heterocycles. The Morgan fingerprint density at radius 1 is 1.17 bits per heavy atom. The van der Waals surface area contributed by atoms with Crippen LogP contribution >= 0.6 is 0 Å². The first-order valence-electron chi connectivity index (χ1n) is 7.97. The molecular formula is C18H20N4O. The van der Waals surface area contributed by atoms with Gasteiger partial charge in [0.15, 0.2) is 0 Å². The Morgan fingerprint density at radius 2 is 2.09 bits per heavy atom. The Bertz CT molecular complexity index is 778. The van der Waals surface area contributed by atoms with E-state index in [1.54, 1.807) is 6.20 Å². The third kappa shape index (κ3) is 3.21. The predicted octanol–water partition coefficient (Wildman–Crippen LogP) is 3.14. The highest BCUT2D eigenvalue weighted by molar-refractivity contribution is 5.87. The van der Waals surface area contributed by atoms with Crippen LogP contribution < -0.4 is 5.32 Å². The van der Waals surface area contributed by atoms with Crippen LogP contribution in [0.1, 0.15) is 5.56 Å². The Hall–Kier alpha value is -2.37. The normalized spacial score (nSPS) is 15.8. The van der Waals surface area contributed by atoms with Crippen molar-refractivity contribution in [1.82, 2.24) is 14.9 Å². The van der Waals surface area contributed by atoms with Crippen LogP contribution in [0, 0.1) is 0 Å². The summed E-state index contributed by atoms with van der Waals surface area (Å²) >= 11 is 0. The van der Waals surface area contributed by atoms with Gasteiger partial charge in [-0.25, -0.2) is 4.98 Å². The molecule has 4 rings (SSSR count). The summed E-state index contributed by atoms with van der Waals surface area (Å²) in [7, 11) is 0. The molecule has 5 nitrogen and oxygen atoms in total. The lowest BCUT2D eigenvalue weighted by atomic mass is 10.1. The van der Waals surface area contributed by atoms with E-state index in [2.05, 4.69) is 44.6 Å². The molecule has 0 radical (unpaired) electrons. The van der Waals surface area contributed by atoms with Crippen molar-refractivity contribution < 1.29 is 4.74 Å². The van der Waals surface area contributed by atoms with Gasteiger partial charge < -0.3 is 15.0 Å². The van der Waals surface area contributed by atoms with Crippen LogP contribution in [-0.4, -0.2) is 41.2 Å². The van der Waals surface area contributed by atoms with Gasteiger partial charge in [0, 0.05) is 48.6 Å². The SMILES string of the molecule is c1ccc(Nc2ccc3[nH]cc(CN4CCOCC4)c3c2)nc1. The Morgan fingerprint density at radius 3 is 2.91 bits per heavy atom. The lowest BCUT2D eigenvalue weighted by Crippen LogP contribution is -2.35. The molecule has 5 heteroatoms. The maximum atomic E-state index is 5.43. The minimum Gasteiger partial charge on any atom is -0.379 e. The van der Waals surface area contributed by atoms with Crippen molar-refractivity contribution >= 4 is 22.4 Å². The van der Waals surface area contributed by atoms with Crippen molar-refractivity contribution in [3.05, 3.63) is 54.4 Å². The van der Waals surface area contributed by atoms with Crippen LogP contribution in [0.15, 0.2) is 48.8 Å². The van der Waals surface area contributed by atoms with Crippen molar-refractivity contribution in [2.75, 3.05) is 31.6 Å². The largest absolute Gasteiger partial charge is 0.379 e. The smallest absolute Gasteiger partial charge is 0.130 e. The molecule has 0 amide bonds. The number of aromatic nitrogens is 2. The number of H-pyrrole nitrogens is 1. The van der Waals surface area contributed by atoms with Gasteiger partial charge in [0.25, 0.3) is 0 Å². The second-order valence-electron chi connectivity index (χ2n) is 5.80. The zero-order valence-corrected chi connectivity index (χ0v) is 13.0. The molecule has 1 aromatic carbocycles. The Kier molecular flexibility index (Phi) is 3.96. The van der Waals surface area contributed by atoms with E-state index in [1.807, 2.05) is 18.2 Å². The van der Waals surface area contributed by atoms with E-state index in [9.17, 15) is 0 Å². The number of anilines is 2. The molecule has 3 heterocycles. The molecule has 23 heavy (non-hydrogen) atoms. The summed E-state index contributed by atoms with van der Waals surface area (Å²) in [5.41, 5.74) is 3.55. The van der Waals surface area contributed by atoms with Crippen LogP contribution in [0.4, 0.5) is 11.5 Å². The quantitative estimate of drug-likeness (QED) is 0.777. The van der Waals surface area contributed by atoms with E-state index in [-0.39, 0.29) is 0 Å². The van der Waals surface area contributed by atoms with Crippen molar-refractivity contribution in [1.29, 1.82) is 0 Å². The fourth-order valence-electron chi connectivity index (χ4n) is 2.97. The van der Waals surface area contributed by atoms with E-state index in [1.165, 1.54) is 16.5 Å². The van der Waals surface area contributed by atoms with E-state index in [4.69, 9.17) is 4.74 Å².